The van der Waals surface area contributed by atoms with Gasteiger partial charge in [-0.1, -0.05) is 84.9 Å². The van der Waals surface area contributed by atoms with Gasteiger partial charge in [0.15, 0.2) is 27.8 Å². The molecule has 8 aromatic carbocycles. The number of urea groups is 4. The number of ether oxygens (including phenoxy) is 3. The molecule has 0 unspecified atom stereocenters. The van der Waals surface area contributed by atoms with E-state index in [0.29, 0.717) is 86.1 Å². The highest BCUT2D eigenvalue weighted by Crippen LogP contribution is 2.40. The Balaban J connectivity index is 0.000000121. The Labute approximate surface area is 730 Å². The van der Waals surface area contributed by atoms with Crippen molar-refractivity contribution in [2.45, 2.75) is 54.5 Å². The lowest BCUT2D eigenvalue weighted by Gasteiger charge is -2.31. The predicted molar refractivity (Wildman–Crippen MR) is 451 cm³/mol. The number of hydrogen-bond acceptors (Lipinski definition) is 20. The van der Waals surface area contributed by atoms with Crippen LogP contribution in [0.2, 0.25) is 0 Å². The van der Waals surface area contributed by atoms with Crippen LogP contribution in [-0.2, 0) is 73.7 Å². The van der Waals surface area contributed by atoms with Crippen LogP contribution in [0.3, 0.4) is 0 Å². The second-order valence-corrected chi connectivity index (χ2v) is 31.1. The van der Waals surface area contributed by atoms with Crippen LogP contribution < -0.4 is 56.7 Å². The van der Waals surface area contributed by atoms with Gasteiger partial charge in [-0.2, -0.15) is 23.4 Å². The monoisotopic (exact) mass is 1740 g/mol. The first-order chi connectivity index (χ1) is 62.1. The first-order valence-corrected chi connectivity index (χ1v) is 40.0. The van der Waals surface area contributed by atoms with E-state index in [-0.39, 0.29) is 68.6 Å². The standard InChI is InChI=1S/C24H20N4O4.C23H18F3N5O4.C23H18N4O4.C22H19N5O4/c1-32-19-6-7-20-17(12-19)13-28(21(20)29)14-24(22(30)26-23(31)27-24)18-4-2-15(3-5-18)16-8-10-25-11-9-16;1-35-16-7-2-13-11-30(19(32)17(13)10-16)12-22(20(33)27-21(34)28-22)14-3-5-15(6-4-14)31-9-8-18(29-31)23(24,25)26;28-18-5-6-19-16(11-18)12-27(20(19)29)13-23(21(30)25-22(31)26-23)17-3-1-14(2-4-17)15-7-9-24-10-8-15;1-31-17-8-3-14-12-26(19(28)18(14)11-17)13-22(20(29)24-21(30)25-22)15-4-6-16(7-5-15)27-10-2-9-23-27/h2-12H,13-14H2,1H3,(H2,26,27,30,31);2-10H,11-12H2,1H3,(H2,27,28,33,34);1-11,28H,12-13H2,(H2,25,26,30,31);2-11H,12-13H2,1H3,(H2,24,25,29,30)/t24-;22-;23-;22-/m0000/s1. The Morgan fingerprint density at radius 3 is 1.04 bits per heavy atom. The molecule has 129 heavy (non-hydrogen) atoms. The number of carbonyl (C=O) groups excluding carboxylic acids is 12. The predicted octanol–water partition coefficient (Wildman–Crippen LogP) is 8.75. The third-order valence-electron chi connectivity index (χ3n) is 23.4. The normalized spacial score (nSPS) is 19.7. The highest BCUT2D eigenvalue weighted by molar-refractivity contribution is 6.12. The number of benzene rings is 8. The molecule has 0 radical (unpaired) electrons. The fraction of sp³-hybridized carbons (Fsp3) is 0.174. The molecule has 0 spiro atoms. The molecule has 9 N–H and O–H groups in total. The summed E-state index contributed by atoms with van der Waals surface area (Å²) < 4.78 is 57.1. The molecule has 4 aromatic heterocycles. The molecule has 20 rings (SSSR count). The lowest BCUT2D eigenvalue weighted by Crippen LogP contribution is -2.52. The first kappa shape index (κ1) is 84.3. The van der Waals surface area contributed by atoms with Gasteiger partial charge in [-0.05, 0) is 188 Å². The smallest absolute Gasteiger partial charge is 0.435 e. The molecule has 8 aliphatic rings. The summed E-state index contributed by atoms with van der Waals surface area (Å²) >= 11 is 0. The summed E-state index contributed by atoms with van der Waals surface area (Å²) in [5.74, 6) is -1.28. The number of methoxy groups -OCH3 is 3. The molecule has 16 amide bonds. The van der Waals surface area contributed by atoms with Crippen molar-refractivity contribution in [3.8, 4) is 56.6 Å². The molecule has 0 aliphatic carbocycles. The lowest BCUT2D eigenvalue weighted by molar-refractivity contribution is -0.141. The maximum absolute atomic E-state index is 13.1. The molecule has 650 valence electrons. The van der Waals surface area contributed by atoms with Crippen molar-refractivity contribution in [2.75, 3.05) is 47.5 Å². The van der Waals surface area contributed by atoms with E-state index in [9.17, 15) is 75.8 Å². The van der Waals surface area contributed by atoms with Crippen molar-refractivity contribution < 1.29 is 90.0 Å². The average Bonchev–Trinajstić information content (AvgIpc) is 1.61. The minimum atomic E-state index is -4.58. The summed E-state index contributed by atoms with van der Waals surface area (Å²) in [7, 11) is 4.60. The van der Waals surface area contributed by atoms with E-state index in [1.54, 1.807) is 145 Å². The number of aromatic hydroxyl groups is 1. The number of phenols is 1. The largest absolute Gasteiger partial charge is 0.508 e. The van der Waals surface area contributed by atoms with Crippen LogP contribution in [0.15, 0.2) is 250 Å². The number of imide groups is 4. The number of alkyl halides is 3. The molecule has 37 heteroatoms. The summed E-state index contributed by atoms with van der Waals surface area (Å²) in [6.07, 6.45) is 6.89. The van der Waals surface area contributed by atoms with E-state index in [2.05, 4.69) is 62.7 Å². The number of nitrogens with zero attached hydrogens (tertiary/aromatic N) is 10. The second kappa shape index (κ2) is 33.6. The van der Waals surface area contributed by atoms with E-state index < -0.39 is 81.8 Å². The Morgan fingerprint density at radius 1 is 0.357 bits per heavy atom. The van der Waals surface area contributed by atoms with Gasteiger partial charge in [0, 0.05) is 91.8 Å². The number of nitrogens with one attached hydrogen (secondary N) is 8. The second-order valence-electron chi connectivity index (χ2n) is 31.1. The zero-order valence-electron chi connectivity index (χ0n) is 68.5. The van der Waals surface area contributed by atoms with E-state index in [1.807, 2.05) is 85.1 Å². The Bertz CT molecular complexity index is 6550. The van der Waals surface area contributed by atoms with Crippen LogP contribution in [0.5, 0.6) is 23.0 Å². The number of phenolic OH excluding ortho intramolecular Hbond substituents is 1. The minimum absolute atomic E-state index is 0.00151. The average molecular weight is 1750 g/mol. The van der Waals surface area contributed by atoms with Crippen LogP contribution in [0, 0.1) is 0 Å². The fourth-order valence-corrected chi connectivity index (χ4v) is 16.9. The summed E-state index contributed by atoms with van der Waals surface area (Å²) in [6, 6.07) is 55.8. The number of pyridine rings is 2. The molecule has 0 bridgehead atoms. The van der Waals surface area contributed by atoms with Gasteiger partial charge >= 0.3 is 30.3 Å². The van der Waals surface area contributed by atoms with Gasteiger partial charge in [-0.3, -0.25) is 69.6 Å². The zero-order valence-corrected chi connectivity index (χ0v) is 68.5. The number of fused-ring (bicyclic) bond motifs is 4. The third kappa shape index (κ3) is 16.0. The van der Waals surface area contributed by atoms with Crippen LogP contribution in [-0.4, -0.2) is 173 Å². The number of carbonyl (C=O) groups is 12. The Kier molecular flexibility index (Phi) is 22.0. The highest BCUT2D eigenvalue weighted by Gasteiger charge is 2.55. The lowest BCUT2D eigenvalue weighted by atomic mass is 9.88. The molecular weight excluding hydrogens is 1670 g/mol. The maximum Gasteiger partial charge on any atom is 0.435 e. The van der Waals surface area contributed by atoms with Crippen molar-refractivity contribution >= 4 is 71.4 Å². The summed E-state index contributed by atoms with van der Waals surface area (Å²) in [5, 5.41) is 37.4. The van der Waals surface area contributed by atoms with Crippen molar-refractivity contribution in [3.05, 3.63) is 322 Å². The number of aromatic nitrogens is 6. The molecule has 4 fully saturated rings. The summed E-state index contributed by atoms with van der Waals surface area (Å²) in [5.41, 5.74) is 5.40. The number of amides is 16. The van der Waals surface area contributed by atoms with Crippen molar-refractivity contribution in [3.63, 3.8) is 0 Å². The van der Waals surface area contributed by atoms with Crippen LogP contribution in [0.25, 0.3) is 33.6 Å². The van der Waals surface area contributed by atoms with E-state index in [4.69, 9.17) is 14.2 Å². The summed E-state index contributed by atoms with van der Waals surface area (Å²) in [6.45, 7) is 0.959. The SMILES string of the molecule is COc1ccc2c(c1)C(=O)N(C[C@@]1(c3ccc(-n4ccc(C(F)(F)F)n4)cc3)NC(=O)NC1=O)C2.COc1ccc2c(c1)C(=O)N(C[C@@]1(c3ccc(-n4cccn4)cc3)NC(=O)NC1=O)C2.COc1ccc2c(c1)CN(C[C@@]1(c3ccc(-c4ccncc4)cc3)NC(=O)NC1=O)C2=O.O=C1NC(=O)[C@](CN2Cc3cc(O)ccc3C2=O)(c2ccc(-c3ccncc3)cc2)N1. The fourth-order valence-electron chi connectivity index (χ4n) is 16.9. The molecule has 4 atom stereocenters. The van der Waals surface area contributed by atoms with E-state index >= 15 is 0 Å². The topological polar surface area (TPSA) is 423 Å². The number of halogens is 3. The van der Waals surface area contributed by atoms with Crippen LogP contribution in [0.1, 0.15) is 91.6 Å². The van der Waals surface area contributed by atoms with E-state index in [0.717, 1.165) is 55.4 Å². The van der Waals surface area contributed by atoms with Crippen molar-refractivity contribution in [2.24, 2.45) is 0 Å². The van der Waals surface area contributed by atoms with Crippen molar-refractivity contribution in [1.29, 1.82) is 0 Å². The van der Waals surface area contributed by atoms with Gasteiger partial charge in [-0.15, -0.1) is 0 Å². The van der Waals surface area contributed by atoms with Crippen LogP contribution in [0.4, 0.5) is 32.3 Å². The first-order valence-electron chi connectivity index (χ1n) is 40.0. The van der Waals surface area contributed by atoms with Gasteiger partial charge in [0.2, 0.25) is 0 Å². The van der Waals surface area contributed by atoms with Gasteiger partial charge < -0.3 is 60.2 Å². The van der Waals surface area contributed by atoms with Crippen molar-refractivity contribution in [1.82, 2.24) is 91.7 Å². The minimum Gasteiger partial charge on any atom is -0.508 e. The maximum atomic E-state index is 13.1. The summed E-state index contributed by atoms with van der Waals surface area (Å²) in [4.78, 5) is 166. The molecule has 4 saturated heterocycles. The quantitative estimate of drug-likeness (QED) is 0.0341. The Morgan fingerprint density at radius 2 is 0.690 bits per heavy atom. The zero-order chi connectivity index (χ0) is 90.4. The Hall–Kier alpha value is -16.9. The van der Waals surface area contributed by atoms with E-state index in [1.165, 1.54) is 59.5 Å². The highest BCUT2D eigenvalue weighted by atomic mass is 19.4. The molecule has 0 saturated carbocycles. The molecule has 12 heterocycles. The van der Waals surface area contributed by atoms with Gasteiger partial charge in [0.25, 0.3) is 47.3 Å². The van der Waals surface area contributed by atoms with Gasteiger partial charge in [-0.25, -0.2) is 28.5 Å². The van der Waals surface area contributed by atoms with Gasteiger partial charge in [0.1, 0.15) is 23.0 Å². The number of rotatable bonds is 19. The van der Waals surface area contributed by atoms with Crippen LogP contribution >= 0.6 is 0 Å². The molecular formula is C92H75F3N18O16. The number of hydrogen-bond donors (Lipinski definition) is 9. The molecule has 34 nitrogen and oxygen atoms in total. The molecule has 12 aromatic rings. The third-order valence-corrected chi connectivity index (χ3v) is 23.4. The van der Waals surface area contributed by atoms with Gasteiger partial charge in [0.05, 0.1) is 58.9 Å². The molecule has 8 aliphatic heterocycles.